The molecule has 2 atom stereocenters. The number of hydrogen-bond donors (Lipinski definition) is 1. The second-order valence-electron chi connectivity index (χ2n) is 5.15. The van der Waals surface area contributed by atoms with Crippen LogP contribution in [0.15, 0.2) is 24.3 Å². The molecule has 1 fully saturated rings. The Morgan fingerprint density at radius 3 is 3.05 bits per heavy atom. The van der Waals surface area contributed by atoms with Crippen LogP contribution >= 0.6 is 0 Å². The fraction of sp³-hybridized carbons (Fsp3) is 0.625. The summed E-state index contributed by atoms with van der Waals surface area (Å²) in [5.74, 6) is 1.44. The highest BCUT2D eigenvalue weighted by Gasteiger charge is 2.17. The van der Waals surface area contributed by atoms with E-state index in [9.17, 15) is 0 Å². The first kappa shape index (κ1) is 15.3. The maximum Gasteiger partial charge on any atom is 0.119 e. The Bertz CT molecular complexity index is 391. The molecule has 2 unspecified atom stereocenters. The van der Waals surface area contributed by atoms with Crippen molar-refractivity contribution >= 4 is 0 Å². The minimum Gasteiger partial charge on any atom is -0.497 e. The van der Waals surface area contributed by atoms with Gasteiger partial charge in [0.15, 0.2) is 0 Å². The van der Waals surface area contributed by atoms with Gasteiger partial charge in [0.2, 0.25) is 0 Å². The molecular weight excluding hydrogens is 254 g/mol. The van der Waals surface area contributed by atoms with Gasteiger partial charge < -0.3 is 19.5 Å². The summed E-state index contributed by atoms with van der Waals surface area (Å²) in [4.78, 5) is 0. The van der Waals surface area contributed by atoms with E-state index in [1.165, 1.54) is 5.56 Å². The largest absolute Gasteiger partial charge is 0.497 e. The van der Waals surface area contributed by atoms with Crippen LogP contribution in [0.25, 0.3) is 0 Å². The molecule has 1 aliphatic heterocycles. The molecule has 1 heterocycles. The average molecular weight is 279 g/mol. The molecule has 0 spiro atoms. The zero-order chi connectivity index (χ0) is 14.2. The van der Waals surface area contributed by atoms with Gasteiger partial charge in [-0.1, -0.05) is 19.1 Å². The van der Waals surface area contributed by atoms with Crippen LogP contribution in [0.3, 0.4) is 0 Å². The maximum atomic E-state index is 5.88. The molecule has 0 aliphatic carbocycles. The molecular formula is C16H25NO3. The van der Waals surface area contributed by atoms with Crippen LogP contribution in [0.4, 0.5) is 0 Å². The molecule has 4 nitrogen and oxygen atoms in total. The summed E-state index contributed by atoms with van der Waals surface area (Å²) in [5, 5.41) is 3.46. The van der Waals surface area contributed by atoms with Gasteiger partial charge in [-0.2, -0.15) is 0 Å². The van der Waals surface area contributed by atoms with Gasteiger partial charge in [-0.15, -0.1) is 0 Å². The first-order valence-corrected chi connectivity index (χ1v) is 7.36. The van der Waals surface area contributed by atoms with Crippen molar-refractivity contribution in [3.63, 3.8) is 0 Å². The third-order valence-electron chi connectivity index (χ3n) is 3.61. The van der Waals surface area contributed by atoms with Crippen molar-refractivity contribution in [3.05, 3.63) is 29.8 Å². The van der Waals surface area contributed by atoms with E-state index in [0.717, 1.165) is 38.5 Å². The topological polar surface area (TPSA) is 39.7 Å². The lowest BCUT2D eigenvalue weighted by Crippen LogP contribution is -2.26. The zero-order valence-electron chi connectivity index (χ0n) is 12.4. The Kier molecular flexibility index (Phi) is 6.30. The van der Waals surface area contributed by atoms with E-state index in [4.69, 9.17) is 14.2 Å². The molecule has 1 aromatic carbocycles. The summed E-state index contributed by atoms with van der Waals surface area (Å²) < 4.78 is 16.5. The quantitative estimate of drug-likeness (QED) is 0.793. The van der Waals surface area contributed by atoms with Crippen LogP contribution in [0.1, 0.15) is 24.9 Å². The summed E-state index contributed by atoms with van der Waals surface area (Å²) in [6, 6.07) is 8.36. The number of benzene rings is 1. The van der Waals surface area contributed by atoms with Crippen LogP contribution < -0.4 is 10.1 Å². The van der Waals surface area contributed by atoms with Crippen LogP contribution in [0.2, 0.25) is 0 Å². The van der Waals surface area contributed by atoms with Crippen molar-refractivity contribution < 1.29 is 14.2 Å². The monoisotopic (exact) mass is 279 g/mol. The summed E-state index contributed by atoms with van der Waals surface area (Å²) in [6.45, 7) is 6.20. The SMILES string of the molecule is CCNC(COCC1CCOC1)c1cccc(OC)c1. The van der Waals surface area contributed by atoms with Crippen LogP contribution in [0.5, 0.6) is 5.75 Å². The van der Waals surface area contributed by atoms with Crippen molar-refractivity contribution in [2.75, 3.05) is 40.1 Å². The lowest BCUT2D eigenvalue weighted by atomic mass is 10.1. The summed E-state index contributed by atoms with van der Waals surface area (Å²) in [5.41, 5.74) is 1.20. The molecule has 112 valence electrons. The molecule has 1 aliphatic rings. The second kappa shape index (κ2) is 8.25. The summed E-state index contributed by atoms with van der Waals surface area (Å²) in [6.07, 6.45) is 1.12. The second-order valence-corrected chi connectivity index (χ2v) is 5.15. The van der Waals surface area contributed by atoms with Gasteiger partial charge in [-0.3, -0.25) is 0 Å². The molecule has 4 heteroatoms. The van der Waals surface area contributed by atoms with Crippen molar-refractivity contribution in [3.8, 4) is 5.75 Å². The first-order chi connectivity index (χ1) is 9.83. The highest BCUT2D eigenvalue weighted by Crippen LogP contribution is 2.20. The fourth-order valence-corrected chi connectivity index (χ4v) is 2.45. The molecule has 20 heavy (non-hydrogen) atoms. The fourth-order valence-electron chi connectivity index (χ4n) is 2.45. The Balaban J connectivity index is 1.87. The molecule has 0 radical (unpaired) electrons. The Labute approximate surface area is 121 Å². The Hall–Kier alpha value is -1.10. The van der Waals surface area contributed by atoms with E-state index in [2.05, 4.69) is 24.4 Å². The molecule has 2 rings (SSSR count). The Morgan fingerprint density at radius 1 is 1.45 bits per heavy atom. The molecule has 1 saturated heterocycles. The predicted octanol–water partition coefficient (Wildman–Crippen LogP) is 2.40. The molecule has 1 aromatic rings. The number of methoxy groups -OCH3 is 1. The van der Waals surface area contributed by atoms with Gasteiger partial charge in [-0.25, -0.2) is 0 Å². The number of ether oxygens (including phenoxy) is 3. The van der Waals surface area contributed by atoms with Gasteiger partial charge in [0.25, 0.3) is 0 Å². The molecule has 1 N–H and O–H groups in total. The van der Waals surface area contributed by atoms with Crippen LogP contribution in [0, 0.1) is 5.92 Å². The van der Waals surface area contributed by atoms with Gasteiger partial charge >= 0.3 is 0 Å². The minimum absolute atomic E-state index is 0.206. The standard InChI is InChI=1S/C16H25NO3/c1-3-17-16(12-20-11-13-7-8-19-10-13)14-5-4-6-15(9-14)18-2/h4-6,9,13,16-17H,3,7-8,10-12H2,1-2H3. The molecule has 0 saturated carbocycles. The van der Waals surface area contributed by atoms with Crippen LogP contribution in [-0.2, 0) is 9.47 Å². The highest BCUT2D eigenvalue weighted by atomic mass is 16.5. The van der Waals surface area contributed by atoms with E-state index in [-0.39, 0.29) is 6.04 Å². The van der Waals surface area contributed by atoms with Crippen LogP contribution in [-0.4, -0.2) is 40.1 Å². The van der Waals surface area contributed by atoms with E-state index >= 15 is 0 Å². The smallest absolute Gasteiger partial charge is 0.119 e. The molecule has 0 bridgehead atoms. The van der Waals surface area contributed by atoms with Crippen molar-refractivity contribution in [1.29, 1.82) is 0 Å². The van der Waals surface area contributed by atoms with Gasteiger partial charge in [0, 0.05) is 12.5 Å². The van der Waals surface area contributed by atoms with Crippen molar-refractivity contribution in [1.82, 2.24) is 5.32 Å². The Morgan fingerprint density at radius 2 is 2.35 bits per heavy atom. The third-order valence-corrected chi connectivity index (χ3v) is 3.61. The molecule has 0 amide bonds. The number of rotatable bonds is 8. The van der Waals surface area contributed by atoms with Gasteiger partial charge in [0.1, 0.15) is 5.75 Å². The lowest BCUT2D eigenvalue weighted by molar-refractivity contribution is 0.0746. The average Bonchev–Trinajstić information content (AvgIpc) is 3.00. The van der Waals surface area contributed by atoms with E-state index in [1.54, 1.807) is 7.11 Å². The maximum absolute atomic E-state index is 5.88. The lowest BCUT2D eigenvalue weighted by Gasteiger charge is -2.20. The van der Waals surface area contributed by atoms with Crippen molar-refractivity contribution in [2.45, 2.75) is 19.4 Å². The number of hydrogen-bond acceptors (Lipinski definition) is 4. The minimum atomic E-state index is 0.206. The number of nitrogens with one attached hydrogen (secondary N) is 1. The third kappa shape index (κ3) is 4.47. The first-order valence-electron chi connectivity index (χ1n) is 7.36. The van der Waals surface area contributed by atoms with E-state index in [0.29, 0.717) is 12.5 Å². The van der Waals surface area contributed by atoms with E-state index < -0.39 is 0 Å². The normalized spacial score (nSPS) is 20.0. The van der Waals surface area contributed by atoms with Gasteiger partial charge in [-0.05, 0) is 30.7 Å². The van der Waals surface area contributed by atoms with Gasteiger partial charge in [0.05, 0.1) is 33.0 Å². The van der Waals surface area contributed by atoms with E-state index in [1.807, 2.05) is 12.1 Å². The highest BCUT2D eigenvalue weighted by molar-refractivity contribution is 5.30. The predicted molar refractivity (Wildman–Crippen MR) is 79.2 cm³/mol. The summed E-state index contributed by atoms with van der Waals surface area (Å²) in [7, 11) is 1.69. The molecule has 0 aromatic heterocycles. The summed E-state index contributed by atoms with van der Waals surface area (Å²) >= 11 is 0. The number of likely N-dealkylation sites (N-methyl/N-ethyl adjacent to an activating group) is 1. The zero-order valence-corrected chi connectivity index (χ0v) is 12.4. The van der Waals surface area contributed by atoms with Crippen molar-refractivity contribution in [2.24, 2.45) is 5.92 Å².